The number of aliphatic hydroxyl groups excluding tert-OH is 1. The lowest BCUT2D eigenvalue weighted by Gasteiger charge is -2.20. The van der Waals surface area contributed by atoms with Crippen molar-refractivity contribution >= 4 is 17.9 Å². The monoisotopic (exact) mass is 270 g/mol. The molecule has 1 aliphatic rings. The topological polar surface area (TPSA) is 55.8 Å². The van der Waals surface area contributed by atoms with E-state index in [9.17, 15) is 9.90 Å². The molecule has 0 amide bonds. The first-order valence-electron chi connectivity index (χ1n) is 5.83. The molecule has 1 aromatic rings. The summed E-state index contributed by atoms with van der Waals surface area (Å²) in [6.45, 7) is 0. The van der Waals surface area contributed by atoms with Crippen LogP contribution in [0.15, 0.2) is 12.1 Å². The van der Waals surface area contributed by atoms with Crippen LogP contribution in [0.2, 0.25) is 5.02 Å². The number of methoxy groups -OCH3 is 1. The summed E-state index contributed by atoms with van der Waals surface area (Å²) < 4.78 is 10.9. The fourth-order valence-electron chi connectivity index (χ4n) is 2.15. The van der Waals surface area contributed by atoms with Crippen molar-refractivity contribution in [3.63, 3.8) is 0 Å². The zero-order chi connectivity index (χ0) is 13.1. The van der Waals surface area contributed by atoms with Crippen LogP contribution in [-0.2, 0) is 0 Å². The molecule has 98 valence electrons. The fourth-order valence-corrected chi connectivity index (χ4v) is 2.37. The molecule has 0 spiro atoms. The van der Waals surface area contributed by atoms with Gasteiger partial charge < -0.3 is 14.6 Å². The van der Waals surface area contributed by atoms with Gasteiger partial charge in [0.1, 0.15) is 6.10 Å². The van der Waals surface area contributed by atoms with E-state index in [1.54, 1.807) is 6.07 Å². The van der Waals surface area contributed by atoms with Crippen LogP contribution in [0.1, 0.15) is 29.6 Å². The molecule has 1 N–H and O–H groups in total. The van der Waals surface area contributed by atoms with Crippen LogP contribution < -0.4 is 9.47 Å². The summed E-state index contributed by atoms with van der Waals surface area (Å²) in [6.07, 6.45) is 2.29. The van der Waals surface area contributed by atoms with Gasteiger partial charge in [-0.05, 0) is 25.3 Å². The van der Waals surface area contributed by atoms with Crippen molar-refractivity contribution < 1.29 is 19.4 Å². The van der Waals surface area contributed by atoms with Crippen molar-refractivity contribution in [2.75, 3.05) is 7.11 Å². The van der Waals surface area contributed by atoms with Crippen molar-refractivity contribution in [2.24, 2.45) is 0 Å². The third kappa shape index (κ3) is 2.60. The lowest BCUT2D eigenvalue weighted by atomic mass is 10.2. The van der Waals surface area contributed by atoms with E-state index in [4.69, 9.17) is 21.1 Å². The quantitative estimate of drug-likeness (QED) is 0.854. The van der Waals surface area contributed by atoms with Gasteiger partial charge in [-0.15, -0.1) is 0 Å². The summed E-state index contributed by atoms with van der Waals surface area (Å²) in [5.41, 5.74) is 0.332. The molecule has 18 heavy (non-hydrogen) atoms. The van der Waals surface area contributed by atoms with Gasteiger partial charge in [0, 0.05) is 11.1 Å². The fraction of sp³-hybridized carbons (Fsp3) is 0.462. The van der Waals surface area contributed by atoms with Crippen molar-refractivity contribution in [2.45, 2.75) is 31.5 Å². The summed E-state index contributed by atoms with van der Waals surface area (Å²) in [4.78, 5) is 11.0. The van der Waals surface area contributed by atoms with Crippen LogP contribution in [0.5, 0.6) is 11.5 Å². The summed E-state index contributed by atoms with van der Waals surface area (Å²) in [7, 11) is 1.48. The Kier molecular flexibility index (Phi) is 4.09. The third-order valence-corrected chi connectivity index (χ3v) is 3.30. The van der Waals surface area contributed by atoms with Gasteiger partial charge in [-0.1, -0.05) is 11.6 Å². The Bertz CT molecular complexity index is 447. The van der Waals surface area contributed by atoms with E-state index in [0.29, 0.717) is 28.4 Å². The Hall–Kier alpha value is -1.26. The molecule has 1 saturated carbocycles. The first kappa shape index (κ1) is 13.2. The Balaban J connectivity index is 2.32. The number of carbonyl (C=O) groups is 1. The van der Waals surface area contributed by atoms with Crippen molar-refractivity contribution in [1.29, 1.82) is 0 Å². The molecule has 4 nitrogen and oxygen atoms in total. The Labute approximate surface area is 110 Å². The Morgan fingerprint density at radius 2 is 2.22 bits per heavy atom. The minimum atomic E-state index is -0.495. The highest BCUT2D eigenvalue weighted by molar-refractivity contribution is 6.31. The number of halogens is 1. The van der Waals surface area contributed by atoms with E-state index < -0.39 is 6.10 Å². The number of hydrogen-bond donors (Lipinski definition) is 1. The number of carbonyl (C=O) groups excluding carboxylic acids is 1. The van der Waals surface area contributed by atoms with E-state index in [1.807, 2.05) is 0 Å². The second kappa shape index (κ2) is 5.59. The number of hydrogen-bond acceptors (Lipinski definition) is 4. The van der Waals surface area contributed by atoms with Crippen LogP contribution in [0.4, 0.5) is 0 Å². The number of benzene rings is 1. The van der Waals surface area contributed by atoms with Gasteiger partial charge in [0.15, 0.2) is 17.8 Å². The van der Waals surface area contributed by atoms with Gasteiger partial charge in [0.2, 0.25) is 0 Å². The average Bonchev–Trinajstić information content (AvgIpc) is 2.76. The Morgan fingerprint density at radius 1 is 1.44 bits per heavy atom. The first-order valence-corrected chi connectivity index (χ1v) is 6.21. The highest BCUT2D eigenvalue weighted by Crippen LogP contribution is 2.36. The van der Waals surface area contributed by atoms with Gasteiger partial charge in [-0.25, -0.2) is 0 Å². The zero-order valence-corrected chi connectivity index (χ0v) is 10.8. The smallest absolute Gasteiger partial charge is 0.172 e. The van der Waals surface area contributed by atoms with Crippen molar-refractivity contribution in [3.05, 3.63) is 22.7 Å². The van der Waals surface area contributed by atoms with Crippen LogP contribution in [-0.4, -0.2) is 30.7 Å². The lowest BCUT2D eigenvalue weighted by Crippen LogP contribution is -2.26. The summed E-state index contributed by atoms with van der Waals surface area (Å²) in [5, 5.41) is 10.2. The van der Waals surface area contributed by atoms with Crippen LogP contribution in [0.3, 0.4) is 0 Å². The van der Waals surface area contributed by atoms with E-state index in [2.05, 4.69) is 0 Å². The molecule has 0 heterocycles. The zero-order valence-electron chi connectivity index (χ0n) is 10.1. The van der Waals surface area contributed by atoms with E-state index in [1.165, 1.54) is 13.2 Å². The maximum Gasteiger partial charge on any atom is 0.172 e. The lowest BCUT2D eigenvalue weighted by molar-refractivity contribution is 0.0579. The van der Waals surface area contributed by atoms with Gasteiger partial charge in [-0.3, -0.25) is 4.79 Å². The van der Waals surface area contributed by atoms with Crippen molar-refractivity contribution in [3.8, 4) is 11.5 Å². The molecule has 0 aliphatic heterocycles. The molecule has 0 saturated heterocycles. The standard InChI is InChI=1S/C13H15ClO4/c1-17-12-6-9(14)5-8(7-15)13(12)18-11-4-2-3-10(11)16/h5-7,10-11,16H,2-4H2,1H3. The first-order chi connectivity index (χ1) is 8.65. The van der Waals surface area contributed by atoms with Gasteiger partial charge >= 0.3 is 0 Å². The SMILES string of the molecule is COc1cc(Cl)cc(C=O)c1OC1CCCC1O. The average molecular weight is 271 g/mol. The molecule has 2 rings (SSSR count). The van der Waals surface area contributed by atoms with E-state index >= 15 is 0 Å². The molecular formula is C13H15ClO4. The summed E-state index contributed by atoms with van der Waals surface area (Å²) in [6, 6.07) is 3.11. The van der Waals surface area contributed by atoms with Gasteiger partial charge in [0.05, 0.1) is 18.8 Å². The molecule has 2 atom stereocenters. The van der Waals surface area contributed by atoms with Gasteiger partial charge in [-0.2, -0.15) is 0 Å². The maximum atomic E-state index is 11.0. The number of aldehydes is 1. The molecule has 0 bridgehead atoms. The largest absolute Gasteiger partial charge is 0.493 e. The Morgan fingerprint density at radius 3 is 2.78 bits per heavy atom. The highest BCUT2D eigenvalue weighted by Gasteiger charge is 2.28. The normalized spacial score (nSPS) is 22.8. The maximum absolute atomic E-state index is 11.0. The third-order valence-electron chi connectivity index (χ3n) is 3.08. The van der Waals surface area contributed by atoms with Crippen molar-refractivity contribution in [1.82, 2.24) is 0 Å². The molecule has 1 aliphatic carbocycles. The summed E-state index contributed by atoms with van der Waals surface area (Å²) >= 11 is 5.88. The van der Waals surface area contributed by atoms with Crippen LogP contribution >= 0.6 is 11.6 Å². The molecule has 0 aromatic heterocycles. The summed E-state index contributed by atoms with van der Waals surface area (Å²) in [5.74, 6) is 0.756. The predicted octanol–water partition coefficient (Wildman–Crippen LogP) is 2.45. The highest BCUT2D eigenvalue weighted by atomic mass is 35.5. The second-order valence-electron chi connectivity index (χ2n) is 4.30. The molecular weight excluding hydrogens is 256 g/mol. The van der Waals surface area contributed by atoms with Crippen LogP contribution in [0, 0.1) is 0 Å². The van der Waals surface area contributed by atoms with E-state index in [-0.39, 0.29) is 6.10 Å². The molecule has 1 aromatic carbocycles. The number of rotatable bonds is 4. The van der Waals surface area contributed by atoms with E-state index in [0.717, 1.165) is 19.3 Å². The molecule has 5 heteroatoms. The number of aliphatic hydroxyl groups is 1. The minimum absolute atomic E-state index is 0.293. The molecule has 2 unspecified atom stereocenters. The van der Waals surface area contributed by atoms with Gasteiger partial charge in [0.25, 0.3) is 0 Å². The predicted molar refractivity (Wildman–Crippen MR) is 67.7 cm³/mol. The molecule has 0 radical (unpaired) electrons. The number of ether oxygens (including phenoxy) is 2. The minimum Gasteiger partial charge on any atom is -0.493 e. The second-order valence-corrected chi connectivity index (χ2v) is 4.74. The molecule has 1 fully saturated rings. The van der Waals surface area contributed by atoms with Crippen LogP contribution in [0.25, 0.3) is 0 Å².